The Morgan fingerprint density at radius 1 is 1.56 bits per heavy atom. The van der Waals surface area contributed by atoms with Gasteiger partial charge in [0.2, 0.25) is 0 Å². The third kappa shape index (κ3) is 8.47. The molecule has 0 saturated carbocycles. The Morgan fingerprint density at radius 3 is 2.67 bits per heavy atom. The van der Waals surface area contributed by atoms with Crippen LogP contribution in [-0.2, 0) is 0 Å². The van der Waals surface area contributed by atoms with Crippen molar-refractivity contribution in [2.45, 2.75) is 36.5 Å². The molecule has 0 nitrogen and oxygen atoms in total. The van der Waals surface area contributed by atoms with Crippen LogP contribution in [0.5, 0.6) is 0 Å². The van der Waals surface area contributed by atoms with Crippen LogP contribution >= 0.6 is 22.6 Å². The molecule has 0 heterocycles. The number of rotatable bonds is 5. The molecule has 0 saturated heterocycles. The summed E-state index contributed by atoms with van der Waals surface area (Å²) in [6, 6.07) is 0. The van der Waals surface area contributed by atoms with E-state index in [4.69, 9.17) is 0 Å². The molecule has 0 N–H and O–H groups in total. The summed E-state index contributed by atoms with van der Waals surface area (Å²) in [7, 11) is 0. The Hall–Kier alpha value is 0.470. The van der Waals surface area contributed by atoms with Gasteiger partial charge in [-0.25, -0.2) is 0 Å². The molecule has 1 atom stereocenters. The highest BCUT2D eigenvalue weighted by molar-refractivity contribution is 14.1. The van der Waals surface area contributed by atoms with Crippen molar-refractivity contribution < 1.29 is 0 Å². The van der Waals surface area contributed by atoms with E-state index in [9.17, 15) is 0 Å². The molecule has 1 unspecified atom stereocenters. The predicted molar refractivity (Wildman–Crippen MR) is 52.1 cm³/mol. The van der Waals surface area contributed by atoms with Gasteiger partial charge in [0.25, 0.3) is 0 Å². The van der Waals surface area contributed by atoms with E-state index in [-0.39, 0.29) is 0 Å². The summed E-state index contributed by atoms with van der Waals surface area (Å²) in [5.41, 5.74) is 0. The Bertz CT molecular complexity index is 67.0. The molecule has 0 aromatic carbocycles. The molecule has 0 rings (SSSR count). The predicted octanol–water partition coefficient (Wildman–Crippen LogP) is 3.56. The minimum Gasteiger partial charge on any atom is -0.103 e. The SMILES string of the molecule is C=CCCCCC(C)I. The molecule has 9 heavy (non-hydrogen) atoms. The van der Waals surface area contributed by atoms with Crippen LogP contribution in [0, 0.1) is 0 Å². The molecule has 0 aliphatic rings. The zero-order valence-corrected chi connectivity index (χ0v) is 8.23. The van der Waals surface area contributed by atoms with Crippen LogP contribution in [0.1, 0.15) is 32.6 Å². The summed E-state index contributed by atoms with van der Waals surface area (Å²) in [5, 5.41) is 0. The van der Waals surface area contributed by atoms with Gasteiger partial charge in [0.15, 0.2) is 0 Å². The van der Waals surface area contributed by atoms with E-state index in [1.165, 1.54) is 25.7 Å². The van der Waals surface area contributed by atoms with Crippen LogP contribution in [-0.4, -0.2) is 3.92 Å². The maximum absolute atomic E-state index is 3.68. The van der Waals surface area contributed by atoms with E-state index >= 15 is 0 Å². The van der Waals surface area contributed by atoms with Gasteiger partial charge in [-0.2, -0.15) is 0 Å². The van der Waals surface area contributed by atoms with Gasteiger partial charge in [0.05, 0.1) is 0 Å². The zero-order valence-electron chi connectivity index (χ0n) is 6.07. The molecule has 54 valence electrons. The molecular formula is C8H15I. The van der Waals surface area contributed by atoms with Crippen LogP contribution < -0.4 is 0 Å². The van der Waals surface area contributed by atoms with Gasteiger partial charge < -0.3 is 0 Å². The number of unbranched alkanes of at least 4 members (excludes halogenated alkanes) is 2. The van der Waals surface area contributed by atoms with Crippen molar-refractivity contribution in [1.29, 1.82) is 0 Å². The average Bonchev–Trinajstić information content (AvgIpc) is 1.80. The Balaban J connectivity index is 2.82. The second kappa shape index (κ2) is 6.59. The number of halogens is 1. The molecule has 0 bridgehead atoms. The Labute approximate surface area is 71.9 Å². The number of allylic oxidation sites excluding steroid dienone is 1. The molecule has 0 aromatic heterocycles. The minimum atomic E-state index is 0.840. The van der Waals surface area contributed by atoms with Gasteiger partial charge in [0.1, 0.15) is 0 Å². The van der Waals surface area contributed by atoms with Crippen molar-refractivity contribution >= 4 is 22.6 Å². The first kappa shape index (κ1) is 9.47. The van der Waals surface area contributed by atoms with E-state index in [0.29, 0.717) is 0 Å². The fourth-order valence-corrected chi connectivity index (χ4v) is 1.15. The van der Waals surface area contributed by atoms with Crippen LogP contribution in [0.15, 0.2) is 12.7 Å². The lowest BCUT2D eigenvalue weighted by Gasteiger charge is -1.99. The average molecular weight is 238 g/mol. The van der Waals surface area contributed by atoms with E-state index < -0.39 is 0 Å². The molecule has 1 heteroatoms. The summed E-state index contributed by atoms with van der Waals surface area (Å²) in [4.78, 5) is 0. The van der Waals surface area contributed by atoms with Crippen molar-refractivity contribution in [1.82, 2.24) is 0 Å². The van der Waals surface area contributed by atoms with Crippen LogP contribution in [0.2, 0.25) is 0 Å². The monoisotopic (exact) mass is 238 g/mol. The van der Waals surface area contributed by atoms with Gasteiger partial charge >= 0.3 is 0 Å². The fourth-order valence-electron chi connectivity index (χ4n) is 0.714. The molecule has 0 fully saturated rings. The standard InChI is InChI=1S/C8H15I/c1-3-4-5-6-7-8(2)9/h3,8H,1,4-7H2,2H3. The highest BCUT2D eigenvalue weighted by Gasteiger charge is 1.92. The lowest BCUT2D eigenvalue weighted by atomic mass is 10.2. The van der Waals surface area contributed by atoms with Crippen molar-refractivity contribution in [2.75, 3.05) is 0 Å². The zero-order chi connectivity index (χ0) is 7.11. The third-order valence-electron chi connectivity index (χ3n) is 1.26. The van der Waals surface area contributed by atoms with Gasteiger partial charge in [-0.05, 0) is 19.3 Å². The molecule has 0 aliphatic carbocycles. The third-order valence-corrected chi connectivity index (χ3v) is 1.88. The minimum absolute atomic E-state index is 0.840. The molecule has 0 radical (unpaired) electrons. The Morgan fingerprint density at radius 2 is 2.22 bits per heavy atom. The second-order valence-electron chi connectivity index (χ2n) is 2.35. The van der Waals surface area contributed by atoms with Crippen LogP contribution in [0.3, 0.4) is 0 Å². The van der Waals surface area contributed by atoms with Crippen LogP contribution in [0.25, 0.3) is 0 Å². The van der Waals surface area contributed by atoms with Gasteiger partial charge in [-0.15, -0.1) is 6.58 Å². The summed E-state index contributed by atoms with van der Waals surface area (Å²) in [5.74, 6) is 0. The van der Waals surface area contributed by atoms with Crippen LogP contribution in [0.4, 0.5) is 0 Å². The second-order valence-corrected chi connectivity index (χ2v) is 4.48. The Kier molecular flexibility index (Phi) is 6.93. The number of hydrogen-bond acceptors (Lipinski definition) is 0. The summed E-state index contributed by atoms with van der Waals surface area (Å²) in [6.45, 7) is 5.93. The normalized spacial score (nSPS) is 13.1. The first-order chi connectivity index (χ1) is 4.27. The van der Waals surface area contributed by atoms with Crippen molar-refractivity contribution in [3.63, 3.8) is 0 Å². The molecule has 0 aliphatic heterocycles. The number of alkyl halides is 1. The fraction of sp³-hybridized carbons (Fsp3) is 0.750. The molecule has 0 amide bonds. The smallest absolute Gasteiger partial charge is 0.00813 e. The lowest BCUT2D eigenvalue weighted by Crippen LogP contribution is -1.87. The topological polar surface area (TPSA) is 0 Å². The van der Waals surface area contributed by atoms with E-state index in [1.807, 2.05) is 6.08 Å². The lowest BCUT2D eigenvalue weighted by molar-refractivity contribution is 0.694. The first-order valence-corrected chi connectivity index (χ1v) is 4.77. The maximum atomic E-state index is 3.68. The maximum Gasteiger partial charge on any atom is 0.00813 e. The van der Waals surface area contributed by atoms with Crippen molar-refractivity contribution in [3.8, 4) is 0 Å². The van der Waals surface area contributed by atoms with Gasteiger partial charge in [0, 0.05) is 3.92 Å². The highest BCUT2D eigenvalue weighted by atomic mass is 127. The van der Waals surface area contributed by atoms with Gasteiger partial charge in [-0.3, -0.25) is 0 Å². The molecule has 0 spiro atoms. The van der Waals surface area contributed by atoms with Gasteiger partial charge in [-0.1, -0.05) is 42.0 Å². The van der Waals surface area contributed by atoms with E-state index in [2.05, 4.69) is 36.1 Å². The summed E-state index contributed by atoms with van der Waals surface area (Å²) < 4.78 is 0.840. The summed E-state index contributed by atoms with van der Waals surface area (Å²) >= 11 is 2.47. The van der Waals surface area contributed by atoms with E-state index in [1.54, 1.807) is 0 Å². The first-order valence-electron chi connectivity index (χ1n) is 3.52. The molecule has 0 aromatic rings. The largest absolute Gasteiger partial charge is 0.103 e. The van der Waals surface area contributed by atoms with Crippen molar-refractivity contribution in [3.05, 3.63) is 12.7 Å². The number of hydrogen-bond donors (Lipinski definition) is 0. The molecular weight excluding hydrogens is 223 g/mol. The van der Waals surface area contributed by atoms with Crippen molar-refractivity contribution in [2.24, 2.45) is 0 Å². The summed E-state index contributed by atoms with van der Waals surface area (Å²) in [6.07, 6.45) is 7.21. The quantitative estimate of drug-likeness (QED) is 0.297. The highest BCUT2D eigenvalue weighted by Crippen LogP contribution is 2.10. The van der Waals surface area contributed by atoms with E-state index in [0.717, 1.165) is 3.92 Å².